The van der Waals surface area contributed by atoms with E-state index in [1.807, 2.05) is 18.3 Å². The minimum Gasteiger partial charge on any atom is -0.279 e. The zero-order valence-corrected chi connectivity index (χ0v) is 14.7. The Hall–Kier alpha value is -2.75. The summed E-state index contributed by atoms with van der Waals surface area (Å²) in [6.07, 6.45) is 8.18. The summed E-state index contributed by atoms with van der Waals surface area (Å²) >= 11 is 0. The van der Waals surface area contributed by atoms with Gasteiger partial charge in [0.2, 0.25) is 0 Å². The molecule has 0 radical (unpaired) electrons. The smallest absolute Gasteiger partial charge is 0.123 e. The minimum absolute atomic E-state index is 0.253. The average Bonchev–Trinajstić information content (AvgIpc) is 2.70. The largest absolute Gasteiger partial charge is 0.279 e. The van der Waals surface area contributed by atoms with E-state index in [0.29, 0.717) is 5.92 Å². The van der Waals surface area contributed by atoms with Gasteiger partial charge in [0.1, 0.15) is 5.82 Å². The van der Waals surface area contributed by atoms with Gasteiger partial charge in [0.15, 0.2) is 0 Å². The summed E-state index contributed by atoms with van der Waals surface area (Å²) in [5.41, 5.74) is 6.97. The zero-order valence-electron chi connectivity index (χ0n) is 14.7. The monoisotopic (exact) mass is 347 g/mol. The lowest BCUT2D eigenvalue weighted by molar-refractivity contribution is 0.437. The molecule has 3 nitrogen and oxygen atoms in total. The van der Waals surface area contributed by atoms with E-state index in [1.165, 1.54) is 49.9 Å². The third kappa shape index (κ3) is 3.74. The number of anilines is 1. The molecule has 1 aliphatic rings. The van der Waals surface area contributed by atoms with Crippen molar-refractivity contribution in [1.82, 2.24) is 4.98 Å². The number of pyridine rings is 1. The summed E-state index contributed by atoms with van der Waals surface area (Å²) in [6, 6.07) is 16.5. The molecule has 1 saturated carbocycles. The van der Waals surface area contributed by atoms with Gasteiger partial charge < -0.3 is 0 Å². The molecular formula is C22H22FN3. The van der Waals surface area contributed by atoms with Crippen molar-refractivity contribution >= 4 is 22.8 Å². The Bertz CT molecular complexity index is 912. The van der Waals surface area contributed by atoms with Gasteiger partial charge in [-0.25, -0.2) is 4.39 Å². The normalized spacial score (nSPS) is 15.6. The number of benzene rings is 2. The van der Waals surface area contributed by atoms with E-state index in [0.717, 1.165) is 22.2 Å². The average molecular weight is 347 g/mol. The van der Waals surface area contributed by atoms with E-state index >= 15 is 0 Å². The molecule has 2 aromatic carbocycles. The molecule has 0 aliphatic heterocycles. The Morgan fingerprint density at radius 3 is 2.58 bits per heavy atom. The maximum atomic E-state index is 13.0. The van der Waals surface area contributed by atoms with Gasteiger partial charge in [-0.3, -0.25) is 10.4 Å². The molecule has 1 aromatic heterocycles. The van der Waals surface area contributed by atoms with Gasteiger partial charge in [-0.05, 0) is 49.2 Å². The van der Waals surface area contributed by atoms with E-state index in [2.05, 4.69) is 28.7 Å². The van der Waals surface area contributed by atoms with E-state index < -0.39 is 0 Å². The number of hydrazone groups is 1. The number of fused-ring (bicyclic) bond motifs is 1. The number of rotatable bonds is 4. The molecule has 1 aliphatic carbocycles. The van der Waals surface area contributed by atoms with E-state index in [4.69, 9.17) is 4.98 Å². The quantitative estimate of drug-likeness (QED) is 0.473. The molecule has 4 rings (SSSR count). The predicted octanol–water partition coefficient (Wildman–Crippen LogP) is 5.87. The van der Waals surface area contributed by atoms with Gasteiger partial charge in [-0.1, -0.05) is 37.5 Å². The van der Waals surface area contributed by atoms with Crippen LogP contribution in [0.5, 0.6) is 0 Å². The molecule has 3 aromatic rings. The zero-order chi connectivity index (χ0) is 17.8. The van der Waals surface area contributed by atoms with Crippen LogP contribution in [0.1, 0.15) is 49.3 Å². The van der Waals surface area contributed by atoms with Crippen molar-refractivity contribution in [2.45, 2.75) is 38.0 Å². The maximum Gasteiger partial charge on any atom is 0.123 e. The lowest BCUT2D eigenvalue weighted by Crippen LogP contribution is -2.07. The van der Waals surface area contributed by atoms with Crippen LogP contribution in [0, 0.1) is 5.82 Å². The SMILES string of the molecule is Fc1ccc(N/N=C\c2cc(C3CCCCC3)nc3ccccc23)cc1. The Balaban J connectivity index is 1.63. The van der Waals surface area contributed by atoms with E-state index in [-0.39, 0.29) is 5.82 Å². The fourth-order valence-corrected chi connectivity index (χ4v) is 3.64. The van der Waals surface area contributed by atoms with Gasteiger partial charge in [0.05, 0.1) is 17.4 Å². The minimum atomic E-state index is -0.253. The van der Waals surface area contributed by atoms with Crippen molar-refractivity contribution in [2.24, 2.45) is 5.10 Å². The van der Waals surface area contributed by atoms with Crippen LogP contribution in [0.25, 0.3) is 10.9 Å². The van der Waals surface area contributed by atoms with Crippen molar-refractivity contribution < 1.29 is 4.39 Å². The van der Waals surface area contributed by atoms with Gasteiger partial charge in [-0.15, -0.1) is 0 Å². The number of hydrogen-bond acceptors (Lipinski definition) is 3. The fourth-order valence-electron chi connectivity index (χ4n) is 3.64. The van der Waals surface area contributed by atoms with Crippen LogP contribution in [0.3, 0.4) is 0 Å². The standard InChI is InChI=1S/C22H22FN3/c23-18-10-12-19(13-11-18)26-24-15-17-14-22(16-6-2-1-3-7-16)25-21-9-5-4-8-20(17)21/h4-5,8-16,26H,1-3,6-7H2/b24-15-. The highest BCUT2D eigenvalue weighted by Crippen LogP contribution is 2.33. The molecule has 1 N–H and O–H groups in total. The van der Waals surface area contributed by atoms with Crippen LogP contribution >= 0.6 is 0 Å². The van der Waals surface area contributed by atoms with Crippen molar-refractivity contribution in [2.75, 3.05) is 5.43 Å². The fraction of sp³-hybridized carbons (Fsp3) is 0.273. The first-order valence-corrected chi connectivity index (χ1v) is 9.24. The lowest BCUT2D eigenvalue weighted by atomic mass is 9.86. The summed E-state index contributed by atoms with van der Waals surface area (Å²) in [6.45, 7) is 0. The maximum absolute atomic E-state index is 13.0. The lowest BCUT2D eigenvalue weighted by Gasteiger charge is -2.21. The predicted molar refractivity (Wildman–Crippen MR) is 105 cm³/mol. The third-order valence-electron chi connectivity index (χ3n) is 5.03. The topological polar surface area (TPSA) is 37.3 Å². The molecule has 0 bridgehead atoms. The van der Waals surface area contributed by atoms with Crippen LogP contribution in [0.15, 0.2) is 59.7 Å². The molecule has 1 heterocycles. The van der Waals surface area contributed by atoms with Crippen molar-refractivity contribution in [3.8, 4) is 0 Å². The van der Waals surface area contributed by atoms with Gasteiger partial charge in [0, 0.05) is 22.6 Å². The Labute approximate surface area is 153 Å². The van der Waals surface area contributed by atoms with E-state index in [9.17, 15) is 4.39 Å². The molecule has 0 amide bonds. The second-order valence-corrected chi connectivity index (χ2v) is 6.87. The molecule has 0 spiro atoms. The number of halogens is 1. The highest BCUT2D eigenvalue weighted by atomic mass is 19.1. The van der Waals surface area contributed by atoms with Crippen molar-refractivity contribution in [3.05, 3.63) is 71.7 Å². The Kier molecular flexibility index (Phi) is 4.91. The summed E-state index contributed by atoms with van der Waals surface area (Å²) in [4.78, 5) is 4.91. The molecule has 26 heavy (non-hydrogen) atoms. The highest BCUT2D eigenvalue weighted by Gasteiger charge is 2.18. The highest BCUT2D eigenvalue weighted by molar-refractivity contribution is 5.98. The number of para-hydroxylation sites is 1. The first-order valence-electron chi connectivity index (χ1n) is 9.24. The van der Waals surface area contributed by atoms with Gasteiger partial charge in [-0.2, -0.15) is 5.10 Å². The third-order valence-corrected chi connectivity index (χ3v) is 5.03. The van der Waals surface area contributed by atoms with Gasteiger partial charge >= 0.3 is 0 Å². The molecule has 0 saturated heterocycles. The summed E-state index contributed by atoms with van der Waals surface area (Å²) in [5.74, 6) is 0.294. The first kappa shape index (κ1) is 16.7. The molecule has 1 fully saturated rings. The van der Waals surface area contributed by atoms with E-state index in [1.54, 1.807) is 12.1 Å². The number of nitrogens with one attached hydrogen (secondary N) is 1. The summed E-state index contributed by atoms with van der Waals surface area (Å²) < 4.78 is 13.0. The second kappa shape index (κ2) is 7.65. The number of aromatic nitrogens is 1. The van der Waals surface area contributed by atoms with Crippen LogP contribution in [-0.2, 0) is 0 Å². The molecule has 4 heteroatoms. The van der Waals surface area contributed by atoms with Crippen molar-refractivity contribution in [1.29, 1.82) is 0 Å². The molecule has 0 unspecified atom stereocenters. The first-order chi connectivity index (χ1) is 12.8. The second-order valence-electron chi connectivity index (χ2n) is 6.87. The summed E-state index contributed by atoms with van der Waals surface area (Å²) in [7, 11) is 0. The van der Waals surface area contributed by atoms with Crippen LogP contribution < -0.4 is 5.43 Å². The Morgan fingerprint density at radius 2 is 1.77 bits per heavy atom. The Morgan fingerprint density at radius 1 is 1.00 bits per heavy atom. The molecule has 0 atom stereocenters. The van der Waals surface area contributed by atoms with Crippen LogP contribution in [0.2, 0.25) is 0 Å². The molecule has 132 valence electrons. The van der Waals surface area contributed by atoms with Gasteiger partial charge in [0.25, 0.3) is 0 Å². The number of hydrogen-bond donors (Lipinski definition) is 1. The van der Waals surface area contributed by atoms with Crippen molar-refractivity contribution in [3.63, 3.8) is 0 Å². The molecular weight excluding hydrogens is 325 g/mol. The van der Waals surface area contributed by atoms with Crippen LogP contribution in [0.4, 0.5) is 10.1 Å². The number of nitrogens with zero attached hydrogens (tertiary/aromatic N) is 2. The van der Waals surface area contributed by atoms with Crippen LogP contribution in [-0.4, -0.2) is 11.2 Å². The summed E-state index contributed by atoms with van der Waals surface area (Å²) in [5, 5.41) is 5.45.